The van der Waals surface area contributed by atoms with Crippen LogP contribution in [-0.4, -0.2) is 47.7 Å². The van der Waals surface area contributed by atoms with Crippen LogP contribution in [0.3, 0.4) is 0 Å². The average molecular weight is 456 g/mol. The predicted octanol–water partition coefficient (Wildman–Crippen LogP) is 4.68. The minimum atomic E-state index is -4.48. The Morgan fingerprint density at radius 3 is 2.53 bits per heavy atom. The fourth-order valence-corrected chi connectivity index (χ4v) is 5.01. The highest BCUT2D eigenvalue weighted by Gasteiger charge is 2.32. The molecule has 2 aliphatic rings. The Kier molecular flexibility index (Phi) is 6.16. The number of aromatic nitrogens is 1. The molecule has 1 aliphatic heterocycles. The van der Waals surface area contributed by atoms with E-state index in [2.05, 4.69) is 23.2 Å². The molecule has 1 saturated heterocycles. The van der Waals surface area contributed by atoms with Crippen molar-refractivity contribution in [3.05, 3.63) is 52.2 Å². The van der Waals surface area contributed by atoms with Crippen LogP contribution in [0.5, 0.6) is 0 Å². The Balaban J connectivity index is 1.30. The summed E-state index contributed by atoms with van der Waals surface area (Å²) in [5.74, 6) is 0.758. The maximum atomic E-state index is 12.8. The van der Waals surface area contributed by atoms with Gasteiger partial charge >= 0.3 is 6.18 Å². The van der Waals surface area contributed by atoms with Crippen LogP contribution in [0.15, 0.2) is 35.4 Å². The van der Waals surface area contributed by atoms with Crippen LogP contribution in [0.4, 0.5) is 19.0 Å². The van der Waals surface area contributed by atoms with Gasteiger partial charge in [0.15, 0.2) is 0 Å². The summed E-state index contributed by atoms with van der Waals surface area (Å²) < 4.78 is 38.4. The molecule has 1 fully saturated rings. The summed E-state index contributed by atoms with van der Waals surface area (Å²) in [5.41, 5.74) is 1.94. The van der Waals surface area contributed by atoms with Gasteiger partial charge in [-0.1, -0.05) is 17.7 Å². The molecule has 0 atom stereocenters. The highest BCUT2D eigenvalue weighted by atomic mass is 35.5. The molecule has 0 N–H and O–H groups in total. The summed E-state index contributed by atoms with van der Waals surface area (Å²) >= 11 is 7.58. The second-order valence-electron chi connectivity index (χ2n) is 7.47. The fraction of sp³-hybridized carbons (Fsp3) is 0.429. The number of halogens is 4. The number of aryl methyl sites for hydroxylation is 2. The van der Waals surface area contributed by atoms with E-state index in [-0.39, 0.29) is 10.9 Å². The minimum absolute atomic E-state index is 0.0308. The molecular formula is C21H21ClF3N3OS. The van der Waals surface area contributed by atoms with Crippen LogP contribution in [-0.2, 0) is 23.8 Å². The first-order valence-corrected chi connectivity index (χ1v) is 11.2. The first-order chi connectivity index (χ1) is 14.3. The predicted molar refractivity (Wildman–Crippen MR) is 112 cm³/mol. The lowest BCUT2D eigenvalue weighted by molar-refractivity contribution is -0.137. The van der Waals surface area contributed by atoms with E-state index >= 15 is 0 Å². The molecule has 0 spiro atoms. The SMILES string of the molecule is O=C(CSc1ccc2c(c1)CCC2)N1CCN(c2ncc(C(F)(F)F)cc2Cl)CC1. The van der Waals surface area contributed by atoms with Gasteiger partial charge in [-0.3, -0.25) is 4.79 Å². The smallest absolute Gasteiger partial charge is 0.352 e. The van der Waals surface area contributed by atoms with Gasteiger partial charge in [0.25, 0.3) is 0 Å². The molecular weight excluding hydrogens is 435 g/mol. The number of fused-ring (bicyclic) bond motifs is 1. The molecule has 1 amide bonds. The first-order valence-electron chi connectivity index (χ1n) is 9.81. The molecule has 0 saturated carbocycles. The number of alkyl halides is 3. The lowest BCUT2D eigenvalue weighted by Crippen LogP contribution is -2.49. The summed E-state index contributed by atoms with van der Waals surface area (Å²) in [4.78, 5) is 21.2. The van der Waals surface area contributed by atoms with Crippen molar-refractivity contribution in [2.24, 2.45) is 0 Å². The van der Waals surface area contributed by atoms with Gasteiger partial charge < -0.3 is 9.80 Å². The number of piperazine rings is 1. The number of carbonyl (C=O) groups excluding carboxylic acids is 1. The van der Waals surface area contributed by atoms with E-state index in [0.717, 1.165) is 30.0 Å². The van der Waals surface area contributed by atoms with Gasteiger partial charge in [-0.15, -0.1) is 11.8 Å². The van der Waals surface area contributed by atoms with Gasteiger partial charge in [0.05, 0.1) is 16.3 Å². The quantitative estimate of drug-likeness (QED) is 0.627. The third kappa shape index (κ3) is 4.70. The van der Waals surface area contributed by atoms with Crippen LogP contribution >= 0.6 is 23.4 Å². The lowest BCUT2D eigenvalue weighted by atomic mass is 10.1. The van der Waals surface area contributed by atoms with E-state index in [9.17, 15) is 18.0 Å². The normalized spacial score (nSPS) is 16.7. The van der Waals surface area contributed by atoms with Crippen LogP contribution in [0.2, 0.25) is 5.02 Å². The van der Waals surface area contributed by atoms with Gasteiger partial charge in [-0.2, -0.15) is 13.2 Å². The number of benzene rings is 1. The molecule has 0 radical (unpaired) electrons. The van der Waals surface area contributed by atoms with E-state index in [1.165, 1.54) is 17.5 Å². The summed E-state index contributed by atoms with van der Waals surface area (Å²) in [5, 5.41) is -0.0308. The molecule has 1 aromatic heterocycles. The van der Waals surface area contributed by atoms with Crippen LogP contribution in [0.25, 0.3) is 0 Å². The molecule has 30 heavy (non-hydrogen) atoms. The highest BCUT2D eigenvalue weighted by molar-refractivity contribution is 8.00. The Morgan fingerprint density at radius 2 is 1.83 bits per heavy atom. The second-order valence-corrected chi connectivity index (χ2v) is 8.92. The molecule has 2 heterocycles. The Hall–Kier alpha value is -1.93. The standard InChI is InChI=1S/C21H21ClF3N3OS/c22-18-11-16(21(23,24)25)12-26-20(18)28-8-6-27(7-9-28)19(29)13-30-17-5-4-14-2-1-3-15(14)10-17/h4-5,10-12H,1-3,6-9,13H2. The number of amides is 1. The van der Waals surface area contributed by atoms with Crippen molar-refractivity contribution in [1.29, 1.82) is 0 Å². The van der Waals surface area contributed by atoms with Gasteiger partial charge in [0, 0.05) is 37.3 Å². The maximum absolute atomic E-state index is 12.8. The van der Waals surface area contributed by atoms with Crippen molar-refractivity contribution in [3.63, 3.8) is 0 Å². The fourth-order valence-electron chi connectivity index (χ4n) is 3.86. The summed E-state index contributed by atoms with van der Waals surface area (Å²) in [6.07, 6.45) is -0.227. The summed E-state index contributed by atoms with van der Waals surface area (Å²) in [7, 11) is 0. The number of rotatable bonds is 4. The van der Waals surface area contributed by atoms with Crippen molar-refractivity contribution in [3.8, 4) is 0 Å². The summed E-state index contributed by atoms with van der Waals surface area (Å²) in [6.45, 7) is 1.94. The number of nitrogens with zero attached hydrogens (tertiary/aromatic N) is 3. The zero-order valence-electron chi connectivity index (χ0n) is 16.2. The number of hydrogen-bond donors (Lipinski definition) is 0. The number of thioether (sulfide) groups is 1. The highest BCUT2D eigenvalue weighted by Crippen LogP contribution is 2.34. The molecule has 1 aliphatic carbocycles. The Morgan fingerprint density at radius 1 is 1.10 bits per heavy atom. The van der Waals surface area contributed by atoms with Crippen LogP contribution in [0.1, 0.15) is 23.1 Å². The number of hydrogen-bond acceptors (Lipinski definition) is 4. The zero-order valence-corrected chi connectivity index (χ0v) is 17.8. The van der Waals surface area contributed by atoms with Crippen LogP contribution in [0, 0.1) is 0 Å². The largest absolute Gasteiger partial charge is 0.417 e. The monoisotopic (exact) mass is 455 g/mol. The van der Waals surface area contributed by atoms with Crippen molar-refractivity contribution < 1.29 is 18.0 Å². The van der Waals surface area contributed by atoms with Crippen molar-refractivity contribution >= 4 is 35.1 Å². The summed E-state index contributed by atoms with van der Waals surface area (Å²) in [6, 6.07) is 7.33. The molecule has 2 aromatic rings. The molecule has 0 unspecified atom stereocenters. The maximum Gasteiger partial charge on any atom is 0.417 e. The van der Waals surface area contributed by atoms with E-state index in [1.807, 2.05) is 4.90 Å². The van der Waals surface area contributed by atoms with E-state index in [0.29, 0.717) is 37.7 Å². The van der Waals surface area contributed by atoms with Gasteiger partial charge in [-0.25, -0.2) is 4.98 Å². The van der Waals surface area contributed by atoms with Crippen molar-refractivity contribution in [1.82, 2.24) is 9.88 Å². The third-order valence-corrected chi connectivity index (χ3v) is 6.77. The molecule has 4 nitrogen and oxygen atoms in total. The Labute approximate surface area is 182 Å². The lowest BCUT2D eigenvalue weighted by Gasteiger charge is -2.35. The molecule has 160 valence electrons. The number of pyridine rings is 1. The minimum Gasteiger partial charge on any atom is -0.352 e. The van der Waals surface area contributed by atoms with Gasteiger partial charge in [0.1, 0.15) is 5.82 Å². The number of carbonyl (C=O) groups is 1. The topological polar surface area (TPSA) is 36.4 Å². The molecule has 1 aromatic carbocycles. The van der Waals surface area contributed by atoms with E-state index < -0.39 is 11.7 Å². The first kappa shape index (κ1) is 21.3. The molecule has 4 rings (SSSR count). The van der Waals surface area contributed by atoms with Crippen molar-refractivity contribution in [2.75, 3.05) is 36.8 Å². The second kappa shape index (κ2) is 8.67. The molecule has 0 bridgehead atoms. The zero-order chi connectivity index (χ0) is 21.3. The van der Waals surface area contributed by atoms with Gasteiger partial charge in [-0.05, 0) is 48.6 Å². The third-order valence-electron chi connectivity index (χ3n) is 5.51. The average Bonchev–Trinajstić information content (AvgIpc) is 3.19. The van der Waals surface area contributed by atoms with E-state index in [4.69, 9.17) is 11.6 Å². The van der Waals surface area contributed by atoms with E-state index in [1.54, 1.807) is 16.7 Å². The van der Waals surface area contributed by atoms with Gasteiger partial charge in [0.2, 0.25) is 5.91 Å². The van der Waals surface area contributed by atoms with Crippen molar-refractivity contribution in [2.45, 2.75) is 30.3 Å². The Bertz CT molecular complexity index is 946. The molecule has 9 heteroatoms. The van der Waals surface area contributed by atoms with Crippen LogP contribution < -0.4 is 4.90 Å². The number of anilines is 1.